The Balaban J connectivity index is 2.04. The molecule has 0 saturated carbocycles. The third-order valence-electron chi connectivity index (χ3n) is 3.54. The molecule has 0 atom stereocenters. The number of carbonyl (C=O) groups is 2. The molecule has 0 bridgehead atoms. The van der Waals surface area contributed by atoms with E-state index in [9.17, 15) is 18.0 Å². The number of rotatable bonds is 7. The molecule has 0 aliphatic heterocycles. The quantitative estimate of drug-likeness (QED) is 0.776. The molecule has 0 aromatic heterocycles. The van der Waals surface area contributed by atoms with Crippen LogP contribution in [0.2, 0.25) is 0 Å². The lowest BCUT2D eigenvalue weighted by Crippen LogP contribution is -2.37. The van der Waals surface area contributed by atoms with E-state index in [0.29, 0.717) is 11.4 Å². The zero-order valence-corrected chi connectivity index (χ0v) is 15.4. The Hall–Kier alpha value is -2.71. The number of benzene rings is 2. The van der Waals surface area contributed by atoms with Gasteiger partial charge >= 0.3 is 0 Å². The fourth-order valence-corrected chi connectivity index (χ4v) is 3.74. The van der Waals surface area contributed by atoms with Crippen LogP contribution in [0.3, 0.4) is 0 Å². The Morgan fingerprint density at radius 3 is 1.96 bits per heavy atom. The number of likely N-dealkylation sites (N-methyl/N-ethyl adjacent to an activating group) is 1. The molecule has 2 rings (SSSR count). The molecule has 138 valence electrons. The second-order valence-electron chi connectivity index (χ2n) is 5.55. The van der Waals surface area contributed by atoms with Gasteiger partial charge < -0.3 is 10.6 Å². The SMILES string of the molecule is CCN(CC(=O)Nc1ccc(NC(C)=O)cc1)S(=O)(=O)c1ccccc1. The van der Waals surface area contributed by atoms with Gasteiger partial charge in [0.1, 0.15) is 0 Å². The number of hydrogen-bond acceptors (Lipinski definition) is 4. The molecule has 0 radical (unpaired) electrons. The van der Waals surface area contributed by atoms with Crippen molar-refractivity contribution in [2.45, 2.75) is 18.7 Å². The first-order valence-corrected chi connectivity index (χ1v) is 9.49. The predicted octanol–water partition coefficient (Wildman–Crippen LogP) is 2.29. The first-order chi connectivity index (χ1) is 12.3. The van der Waals surface area contributed by atoms with Crippen LogP contribution in [0.4, 0.5) is 11.4 Å². The fourth-order valence-electron chi connectivity index (χ4n) is 2.31. The summed E-state index contributed by atoms with van der Waals surface area (Å²) in [7, 11) is -3.73. The van der Waals surface area contributed by atoms with Crippen molar-refractivity contribution >= 4 is 33.2 Å². The molecular weight excluding hydrogens is 354 g/mol. The van der Waals surface area contributed by atoms with Gasteiger partial charge in [-0.15, -0.1) is 0 Å². The third-order valence-corrected chi connectivity index (χ3v) is 5.48. The van der Waals surface area contributed by atoms with Crippen LogP contribution >= 0.6 is 0 Å². The van der Waals surface area contributed by atoms with E-state index in [2.05, 4.69) is 10.6 Å². The molecule has 2 aromatic carbocycles. The van der Waals surface area contributed by atoms with E-state index in [1.807, 2.05) is 0 Å². The summed E-state index contributed by atoms with van der Waals surface area (Å²) in [4.78, 5) is 23.4. The molecule has 8 heteroatoms. The average Bonchev–Trinajstić information content (AvgIpc) is 2.61. The summed E-state index contributed by atoms with van der Waals surface area (Å²) in [6.07, 6.45) is 0. The van der Waals surface area contributed by atoms with Crippen LogP contribution in [-0.4, -0.2) is 37.6 Å². The van der Waals surface area contributed by atoms with Crippen molar-refractivity contribution < 1.29 is 18.0 Å². The summed E-state index contributed by atoms with van der Waals surface area (Å²) in [5.74, 6) is -0.634. The summed E-state index contributed by atoms with van der Waals surface area (Å²) in [5.41, 5.74) is 1.12. The molecule has 0 saturated heterocycles. The molecule has 0 unspecified atom stereocenters. The lowest BCUT2D eigenvalue weighted by molar-refractivity contribution is -0.116. The molecule has 2 aromatic rings. The highest BCUT2D eigenvalue weighted by atomic mass is 32.2. The summed E-state index contributed by atoms with van der Waals surface area (Å²) in [5, 5.41) is 5.28. The zero-order valence-electron chi connectivity index (χ0n) is 14.6. The van der Waals surface area contributed by atoms with Crippen LogP contribution in [-0.2, 0) is 19.6 Å². The number of amides is 2. The lowest BCUT2D eigenvalue weighted by Gasteiger charge is -2.20. The van der Waals surface area contributed by atoms with Crippen LogP contribution in [0.1, 0.15) is 13.8 Å². The summed E-state index contributed by atoms with van der Waals surface area (Å²) in [6.45, 7) is 2.96. The van der Waals surface area contributed by atoms with Gasteiger partial charge in [-0.05, 0) is 36.4 Å². The molecule has 7 nitrogen and oxygen atoms in total. The normalized spacial score (nSPS) is 11.2. The van der Waals surface area contributed by atoms with Crippen molar-refractivity contribution in [3.8, 4) is 0 Å². The number of anilines is 2. The molecular formula is C18H21N3O4S. The monoisotopic (exact) mass is 375 g/mol. The maximum Gasteiger partial charge on any atom is 0.243 e. The molecule has 2 N–H and O–H groups in total. The van der Waals surface area contributed by atoms with Gasteiger partial charge in [0, 0.05) is 24.8 Å². The summed E-state index contributed by atoms with van der Waals surface area (Å²) < 4.78 is 26.3. The van der Waals surface area contributed by atoms with E-state index in [-0.39, 0.29) is 23.9 Å². The first-order valence-electron chi connectivity index (χ1n) is 8.05. The second kappa shape index (κ2) is 8.59. The van der Waals surface area contributed by atoms with E-state index in [1.54, 1.807) is 49.4 Å². The van der Waals surface area contributed by atoms with Gasteiger partial charge in [-0.2, -0.15) is 4.31 Å². The number of carbonyl (C=O) groups excluding carboxylic acids is 2. The molecule has 0 fully saturated rings. The lowest BCUT2D eigenvalue weighted by atomic mass is 10.2. The predicted molar refractivity (Wildman–Crippen MR) is 100 cm³/mol. The number of nitrogens with one attached hydrogen (secondary N) is 2. The Morgan fingerprint density at radius 1 is 0.923 bits per heavy atom. The van der Waals surface area contributed by atoms with Crippen LogP contribution < -0.4 is 10.6 Å². The second-order valence-corrected chi connectivity index (χ2v) is 7.49. The van der Waals surface area contributed by atoms with Crippen LogP contribution in [0.5, 0.6) is 0 Å². The molecule has 0 spiro atoms. The smallest absolute Gasteiger partial charge is 0.243 e. The molecule has 0 heterocycles. The number of nitrogens with zero attached hydrogens (tertiary/aromatic N) is 1. The van der Waals surface area contributed by atoms with E-state index in [0.717, 1.165) is 4.31 Å². The van der Waals surface area contributed by atoms with Gasteiger partial charge in [0.25, 0.3) is 0 Å². The Bertz CT molecular complexity index is 865. The van der Waals surface area contributed by atoms with Gasteiger partial charge in [0.15, 0.2) is 0 Å². The molecule has 0 aliphatic carbocycles. The number of sulfonamides is 1. The van der Waals surface area contributed by atoms with Crippen LogP contribution in [0, 0.1) is 0 Å². The third kappa shape index (κ3) is 5.14. The summed E-state index contributed by atoms with van der Waals surface area (Å²) in [6, 6.07) is 14.6. The highest BCUT2D eigenvalue weighted by Gasteiger charge is 2.24. The maximum absolute atomic E-state index is 12.6. The first kappa shape index (κ1) is 19.6. The van der Waals surface area contributed by atoms with Crippen molar-refractivity contribution in [1.29, 1.82) is 0 Å². The largest absolute Gasteiger partial charge is 0.326 e. The van der Waals surface area contributed by atoms with Crippen molar-refractivity contribution in [2.75, 3.05) is 23.7 Å². The minimum atomic E-state index is -3.73. The van der Waals surface area contributed by atoms with Crippen LogP contribution in [0.15, 0.2) is 59.5 Å². The van der Waals surface area contributed by atoms with Gasteiger partial charge in [0.05, 0.1) is 11.4 Å². The Morgan fingerprint density at radius 2 is 1.46 bits per heavy atom. The van der Waals surface area contributed by atoms with Crippen LogP contribution in [0.25, 0.3) is 0 Å². The van der Waals surface area contributed by atoms with Gasteiger partial charge in [-0.3, -0.25) is 9.59 Å². The van der Waals surface area contributed by atoms with E-state index in [1.165, 1.54) is 19.1 Å². The highest BCUT2D eigenvalue weighted by molar-refractivity contribution is 7.89. The van der Waals surface area contributed by atoms with E-state index < -0.39 is 15.9 Å². The molecule has 2 amide bonds. The topological polar surface area (TPSA) is 95.6 Å². The van der Waals surface area contributed by atoms with Crippen molar-refractivity contribution in [3.63, 3.8) is 0 Å². The molecule has 0 aliphatic rings. The standard InChI is InChI=1S/C18H21N3O4S/c1-3-21(26(24,25)17-7-5-4-6-8-17)13-18(23)20-16-11-9-15(10-12-16)19-14(2)22/h4-12H,3,13H2,1-2H3,(H,19,22)(H,20,23). The number of hydrogen-bond donors (Lipinski definition) is 2. The fraction of sp³-hybridized carbons (Fsp3) is 0.222. The van der Waals surface area contributed by atoms with Crippen molar-refractivity contribution in [1.82, 2.24) is 4.31 Å². The van der Waals surface area contributed by atoms with E-state index >= 15 is 0 Å². The summed E-state index contributed by atoms with van der Waals surface area (Å²) >= 11 is 0. The minimum Gasteiger partial charge on any atom is -0.326 e. The zero-order chi connectivity index (χ0) is 19.2. The average molecular weight is 375 g/mol. The maximum atomic E-state index is 12.6. The van der Waals surface area contributed by atoms with Crippen molar-refractivity contribution in [2.24, 2.45) is 0 Å². The van der Waals surface area contributed by atoms with E-state index in [4.69, 9.17) is 0 Å². The van der Waals surface area contributed by atoms with Crippen molar-refractivity contribution in [3.05, 3.63) is 54.6 Å². The van der Waals surface area contributed by atoms with Gasteiger partial charge in [-0.1, -0.05) is 25.1 Å². The van der Waals surface area contributed by atoms with Gasteiger partial charge in [-0.25, -0.2) is 8.42 Å². The van der Waals surface area contributed by atoms with Gasteiger partial charge in [0.2, 0.25) is 21.8 Å². The highest BCUT2D eigenvalue weighted by Crippen LogP contribution is 2.16. The molecule has 26 heavy (non-hydrogen) atoms. The minimum absolute atomic E-state index is 0.148. The Labute approximate surface area is 153 Å². The Kier molecular flexibility index (Phi) is 6.48.